The third-order valence-electron chi connectivity index (χ3n) is 3.13. The van der Waals surface area contributed by atoms with Crippen molar-refractivity contribution in [2.45, 2.75) is 6.92 Å². The Kier molecular flexibility index (Phi) is 2.22. The van der Waals surface area contributed by atoms with Crippen LogP contribution in [0.4, 0.5) is 0 Å². The first kappa shape index (κ1) is 10.1. The van der Waals surface area contributed by atoms with Crippen molar-refractivity contribution in [1.29, 1.82) is 0 Å². The van der Waals surface area contributed by atoms with Crippen LogP contribution in [0.25, 0.3) is 22.2 Å². The van der Waals surface area contributed by atoms with Crippen LogP contribution in [0.1, 0.15) is 5.56 Å². The van der Waals surface area contributed by atoms with E-state index in [0.717, 1.165) is 11.0 Å². The molecule has 2 heterocycles. The molecule has 0 bridgehead atoms. The number of aromatic nitrogens is 1. The normalized spacial score (nSPS) is 10.9. The van der Waals surface area contributed by atoms with Crippen LogP contribution in [0.2, 0.25) is 0 Å². The van der Waals surface area contributed by atoms with E-state index < -0.39 is 0 Å². The molecule has 0 saturated carbocycles. The van der Waals surface area contributed by atoms with E-state index in [9.17, 15) is 0 Å². The molecule has 2 heteroatoms. The van der Waals surface area contributed by atoms with Crippen LogP contribution < -0.4 is 4.57 Å². The Hall–Kier alpha value is -2.09. The molecule has 0 aliphatic carbocycles. The van der Waals surface area contributed by atoms with E-state index in [-0.39, 0.29) is 0 Å². The summed E-state index contributed by atoms with van der Waals surface area (Å²) < 4.78 is 7.50. The largest absolute Gasteiger partial charge is 0.458 e. The summed E-state index contributed by atoms with van der Waals surface area (Å²) in [6, 6.07) is 12.6. The molecule has 3 rings (SSSR count). The number of benzene rings is 1. The van der Waals surface area contributed by atoms with Crippen LogP contribution in [0.3, 0.4) is 0 Å². The van der Waals surface area contributed by atoms with Crippen molar-refractivity contribution >= 4 is 11.0 Å². The van der Waals surface area contributed by atoms with Gasteiger partial charge in [0.25, 0.3) is 0 Å². The van der Waals surface area contributed by atoms with Gasteiger partial charge in [-0.25, -0.2) is 0 Å². The van der Waals surface area contributed by atoms with E-state index in [2.05, 4.69) is 41.8 Å². The third-order valence-corrected chi connectivity index (χ3v) is 3.13. The number of nitrogens with zero attached hydrogens (tertiary/aromatic N) is 1. The molecule has 2 nitrogen and oxygen atoms in total. The molecule has 0 unspecified atom stereocenters. The highest BCUT2D eigenvalue weighted by molar-refractivity contribution is 5.79. The van der Waals surface area contributed by atoms with Gasteiger partial charge in [0.1, 0.15) is 7.05 Å². The van der Waals surface area contributed by atoms with Gasteiger partial charge < -0.3 is 4.42 Å². The molecule has 0 radical (unpaired) electrons. The summed E-state index contributed by atoms with van der Waals surface area (Å²) in [4.78, 5) is 0. The first-order valence-corrected chi connectivity index (χ1v) is 5.68. The number of furan rings is 1. The minimum Gasteiger partial charge on any atom is -0.458 e. The lowest BCUT2D eigenvalue weighted by Gasteiger charge is -2.03. The summed E-state index contributed by atoms with van der Waals surface area (Å²) in [5, 5.41) is 1.14. The maximum Gasteiger partial charge on any atom is 0.213 e. The van der Waals surface area contributed by atoms with Crippen molar-refractivity contribution in [2.75, 3.05) is 0 Å². The minimum absolute atomic E-state index is 0.921. The quantitative estimate of drug-likeness (QED) is 0.580. The van der Waals surface area contributed by atoms with Gasteiger partial charge in [-0.2, -0.15) is 4.57 Å². The molecule has 0 spiro atoms. The second kappa shape index (κ2) is 3.74. The SMILES string of the molecule is Cc1ccccc1-c1cc2ccoc2c[n+]1C. The van der Waals surface area contributed by atoms with Crippen LogP contribution >= 0.6 is 0 Å². The van der Waals surface area contributed by atoms with E-state index in [1.807, 2.05) is 19.3 Å². The van der Waals surface area contributed by atoms with Crippen LogP contribution in [0.5, 0.6) is 0 Å². The van der Waals surface area contributed by atoms with Crippen LogP contribution in [0.15, 0.2) is 53.3 Å². The fourth-order valence-electron chi connectivity index (χ4n) is 2.18. The first-order valence-electron chi connectivity index (χ1n) is 5.68. The van der Waals surface area contributed by atoms with Gasteiger partial charge in [-0.3, -0.25) is 0 Å². The summed E-state index contributed by atoms with van der Waals surface area (Å²) in [6.07, 6.45) is 3.75. The highest BCUT2D eigenvalue weighted by atomic mass is 16.3. The highest BCUT2D eigenvalue weighted by Gasteiger charge is 2.14. The van der Waals surface area contributed by atoms with E-state index >= 15 is 0 Å². The molecule has 0 atom stereocenters. The van der Waals surface area contributed by atoms with Crippen LogP contribution in [0, 0.1) is 6.92 Å². The lowest BCUT2D eigenvalue weighted by molar-refractivity contribution is -0.659. The molecule has 0 aliphatic rings. The van der Waals surface area contributed by atoms with Crippen LogP contribution in [-0.2, 0) is 7.05 Å². The molecule has 1 aromatic carbocycles. The molecule has 2 aromatic heterocycles. The Morgan fingerprint density at radius 1 is 1.12 bits per heavy atom. The zero-order chi connectivity index (χ0) is 11.8. The number of rotatable bonds is 1. The molecule has 0 saturated heterocycles. The summed E-state index contributed by atoms with van der Waals surface area (Å²) in [6.45, 7) is 2.13. The summed E-state index contributed by atoms with van der Waals surface area (Å²) in [5.74, 6) is 0. The van der Waals surface area contributed by atoms with Crippen molar-refractivity contribution in [3.05, 3.63) is 54.4 Å². The van der Waals surface area contributed by atoms with Crippen molar-refractivity contribution in [1.82, 2.24) is 0 Å². The van der Waals surface area contributed by atoms with Gasteiger partial charge in [-0.05, 0) is 24.6 Å². The van der Waals surface area contributed by atoms with Crippen molar-refractivity contribution in [3.8, 4) is 11.3 Å². The van der Waals surface area contributed by atoms with Gasteiger partial charge in [-0.1, -0.05) is 18.2 Å². The van der Waals surface area contributed by atoms with Gasteiger partial charge in [0.15, 0.2) is 5.58 Å². The number of aryl methyl sites for hydroxylation is 2. The molecule has 0 amide bonds. The standard InChI is InChI=1S/C15H14NO/c1-11-5-3-4-6-13(11)14-9-12-7-8-17-15(12)10-16(14)2/h3-10H,1-2H3/q+1. The molecule has 84 valence electrons. The van der Waals surface area contributed by atoms with Crippen molar-refractivity contribution in [3.63, 3.8) is 0 Å². The topological polar surface area (TPSA) is 17.0 Å². The minimum atomic E-state index is 0.921. The Balaban J connectivity index is 2.30. The van der Waals surface area contributed by atoms with E-state index in [0.29, 0.717) is 0 Å². The fraction of sp³-hybridized carbons (Fsp3) is 0.133. The highest BCUT2D eigenvalue weighted by Crippen LogP contribution is 2.23. The lowest BCUT2D eigenvalue weighted by atomic mass is 10.0. The third kappa shape index (κ3) is 1.62. The van der Waals surface area contributed by atoms with Crippen molar-refractivity contribution < 1.29 is 8.98 Å². The molecule has 0 N–H and O–H groups in total. The van der Waals surface area contributed by atoms with Gasteiger partial charge in [0, 0.05) is 17.0 Å². The number of fused-ring (bicyclic) bond motifs is 1. The molecular formula is C15H14NO+. The fourth-order valence-corrected chi connectivity index (χ4v) is 2.18. The number of pyridine rings is 1. The second-order valence-electron chi connectivity index (χ2n) is 4.32. The monoisotopic (exact) mass is 224 g/mol. The van der Waals surface area contributed by atoms with Crippen LogP contribution in [-0.4, -0.2) is 0 Å². The zero-order valence-electron chi connectivity index (χ0n) is 9.97. The molecule has 0 fully saturated rings. The van der Waals surface area contributed by atoms with Gasteiger partial charge in [0.2, 0.25) is 11.9 Å². The average Bonchev–Trinajstić information content (AvgIpc) is 2.76. The molecule has 17 heavy (non-hydrogen) atoms. The van der Waals surface area contributed by atoms with E-state index in [4.69, 9.17) is 4.42 Å². The Bertz CT molecular complexity index is 682. The Morgan fingerprint density at radius 3 is 2.76 bits per heavy atom. The zero-order valence-corrected chi connectivity index (χ0v) is 9.97. The summed E-state index contributed by atoms with van der Waals surface area (Å²) in [7, 11) is 2.05. The van der Waals surface area contributed by atoms with E-state index in [1.54, 1.807) is 6.26 Å². The Labute approximate surface area is 100 Å². The van der Waals surface area contributed by atoms with Gasteiger partial charge >= 0.3 is 0 Å². The first-order chi connectivity index (χ1) is 8.25. The average molecular weight is 224 g/mol. The smallest absolute Gasteiger partial charge is 0.213 e. The maximum absolute atomic E-state index is 5.40. The number of hydrogen-bond donors (Lipinski definition) is 0. The van der Waals surface area contributed by atoms with Gasteiger partial charge in [-0.15, -0.1) is 0 Å². The molecular weight excluding hydrogens is 210 g/mol. The second-order valence-corrected chi connectivity index (χ2v) is 4.32. The lowest BCUT2D eigenvalue weighted by Crippen LogP contribution is -2.30. The summed E-state index contributed by atoms with van der Waals surface area (Å²) in [5.41, 5.74) is 4.67. The number of hydrogen-bond acceptors (Lipinski definition) is 1. The summed E-state index contributed by atoms with van der Waals surface area (Å²) >= 11 is 0. The molecule has 0 aliphatic heterocycles. The van der Waals surface area contributed by atoms with E-state index in [1.165, 1.54) is 16.8 Å². The Morgan fingerprint density at radius 2 is 1.94 bits per heavy atom. The molecule has 3 aromatic rings. The maximum atomic E-state index is 5.40. The predicted molar refractivity (Wildman–Crippen MR) is 67.6 cm³/mol. The van der Waals surface area contributed by atoms with Gasteiger partial charge in [0.05, 0.1) is 6.26 Å². The predicted octanol–water partition coefficient (Wildman–Crippen LogP) is 3.23. The van der Waals surface area contributed by atoms with Crippen molar-refractivity contribution in [2.24, 2.45) is 7.05 Å².